The second-order valence-corrected chi connectivity index (χ2v) is 5.99. The number of aliphatic hydroxyl groups excluding tert-OH is 1. The van der Waals surface area contributed by atoms with Crippen LogP contribution in [0.4, 0.5) is 0 Å². The molecule has 1 aromatic heterocycles. The van der Waals surface area contributed by atoms with Gasteiger partial charge in [0.1, 0.15) is 17.1 Å². The number of aliphatic hydroxyl groups is 1. The van der Waals surface area contributed by atoms with Gasteiger partial charge >= 0.3 is 0 Å². The number of fused-ring (bicyclic) bond motifs is 1. The van der Waals surface area contributed by atoms with Gasteiger partial charge in [0.15, 0.2) is 0 Å². The van der Waals surface area contributed by atoms with E-state index in [-0.39, 0.29) is 0 Å². The number of ether oxygens (including phenoxy) is 1. The summed E-state index contributed by atoms with van der Waals surface area (Å²) < 4.78 is 11.2. The minimum atomic E-state index is -0.513. The largest absolute Gasteiger partial charge is 0.497 e. The van der Waals surface area contributed by atoms with Crippen molar-refractivity contribution < 1.29 is 14.3 Å². The topological polar surface area (TPSA) is 55.0 Å². The molecule has 0 spiro atoms. The average Bonchev–Trinajstić information content (AvgIpc) is 2.59. The Kier molecular flexibility index (Phi) is 4.88. The van der Waals surface area contributed by atoms with E-state index in [2.05, 4.69) is 4.99 Å². The molecule has 0 saturated heterocycles. The molecule has 1 atom stereocenters. The van der Waals surface area contributed by atoms with Gasteiger partial charge in [-0.1, -0.05) is 11.6 Å². The lowest BCUT2D eigenvalue weighted by molar-refractivity contribution is 0.203. The highest BCUT2D eigenvalue weighted by Gasteiger charge is 2.07. The molecule has 124 valence electrons. The molecular formula is C19H18ClNO3. The number of rotatable bonds is 4. The summed E-state index contributed by atoms with van der Waals surface area (Å²) in [5.74, 6) is 1.47. The molecule has 0 fully saturated rings. The van der Waals surface area contributed by atoms with Crippen molar-refractivity contribution in [3.05, 3.63) is 58.9 Å². The van der Waals surface area contributed by atoms with Crippen LogP contribution in [0, 0.1) is 0 Å². The van der Waals surface area contributed by atoms with E-state index < -0.39 is 6.10 Å². The minimum absolute atomic E-state index is 0.313. The smallest absolute Gasteiger partial charge is 0.136 e. The number of halogens is 1. The normalized spacial score (nSPS) is 13.2. The van der Waals surface area contributed by atoms with Gasteiger partial charge in [0.2, 0.25) is 0 Å². The van der Waals surface area contributed by atoms with Crippen LogP contribution in [0.15, 0.2) is 57.9 Å². The predicted octanol–water partition coefficient (Wildman–Crippen LogP) is 4.04. The lowest BCUT2D eigenvalue weighted by atomic mass is 10.1. The molecule has 2 aromatic carbocycles. The van der Waals surface area contributed by atoms with Crippen LogP contribution >= 0.6 is 11.6 Å². The summed E-state index contributed by atoms with van der Waals surface area (Å²) in [6.45, 7) is 2.02. The summed E-state index contributed by atoms with van der Waals surface area (Å²) in [7, 11) is 1.63. The van der Waals surface area contributed by atoms with Crippen LogP contribution in [0.2, 0.25) is 5.02 Å². The van der Waals surface area contributed by atoms with Crippen LogP contribution in [0.3, 0.4) is 0 Å². The van der Waals surface area contributed by atoms with Crippen LogP contribution in [0.5, 0.6) is 5.75 Å². The summed E-state index contributed by atoms with van der Waals surface area (Å²) >= 11 is 6.10. The van der Waals surface area contributed by atoms with E-state index in [1.165, 1.54) is 0 Å². The molecule has 0 aliphatic heterocycles. The molecule has 0 bridgehead atoms. The van der Waals surface area contributed by atoms with Crippen LogP contribution < -0.4 is 10.1 Å². The van der Waals surface area contributed by atoms with Gasteiger partial charge in [-0.05, 0) is 49.4 Å². The first-order valence-corrected chi connectivity index (χ1v) is 8.01. The Morgan fingerprint density at radius 2 is 1.92 bits per heavy atom. The molecule has 24 heavy (non-hydrogen) atoms. The summed E-state index contributed by atoms with van der Waals surface area (Å²) in [6.07, 6.45) is -0.513. The SMILES string of the molecule is COc1ccc(-c2cc(=NC[C@@H](C)O)c3cc(Cl)ccc3o2)cc1. The van der Waals surface area contributed by atoms with E-state index in [1.54, 1.807) is 20.1 Å². The Labute approximate surface area is 145 Å². The average molecular weight is 344 g/mol. The van der Waals surface area contributed by atoms with Crippen molar-refractivity contribution in [2.24, 2.45) is 4.99 Å². The maximum Gasteiger partial charge on any atom is 0.136 e. The van der Waals surface area contributed by atoms with Gasteiger partial charge in [0.25, 0.3) is 0 Å². The summed E-state index contributed by atoms with van der Waals surface area (Å²) in [6, 6.07) is 14.9. The molecule has 3 rings (SSSR count). The number of benzene rings is 2. The van der Waals surface area contributed by atoms with Gasteiger partial charge < -0.3 is 14.3 Å². The molecule has 0 saturated carbocycles. The van der Waals surface area contributed by atoms with Crippen molar-refractivity contribution >= 4 is 22.6 Å². The molecule has 3 aromatic rings. The lowest BCUT2D eigenvalue weighted by Gasteiger charge is -2.07. The van der Waals surface area contributed by atoms with E-state index in [1.807, 2.05) is 42.5 Å². The highest BCUT2D eigenvalue weighted by atomic mass is 35.5. The first kappa shape index (κ1) is 16.6. The Morgan fingerprint density at radius 3 is 2.58 bits per heavy atom. The zero-order valence-electron chi connectivity index (χ0n) is 13.5. The molecule has 1 N–H and O–H groups in total. The molecule has 0 unspecified atom stereocenters. The van der Waals surface area contributed by atoms with Crippen molar-refractivity contribution in [1.82, 2.24) is 0 Å². The van der Waals surface area contributed by atoms with Crippen LogP contribution in [0.25, 0.3) is 22.3 Å². The zero-order valence-corrected chi connectivity index (χ0v) is 14.2. The number of hydrogen-bond donors (Lipinski definition) is 1. The van der Waals surface area contributed by atoms with Gasteiger partial charge in [-0.15, -0.1) is 0 Å². The third kappa shape index (κ3) is 3.61. The fourth-order valence-corrected chi connectivity index (χ4v) is 2.57. The second kappa shape index (κ2) is 7.07. The molecule has 0 amide bonds. The zero-order chi connectivity index (χ0) is 17.1. The van der Waals surface area contributed by atoms with E-state index in [0.29, 0.717) is 22.9 Å². The summed E-state index contributed by atoms with van der Waals surface area (Å²) in [4.78, 5) is 4.50. The van der Waals surface area contributed by atoms with Gasteiger partial charge in [-0.2, -0.15) is 0 Å². The second-order valence-electron chi connectivity index (χ2n) is 5.55. The molecule has 0 radical (unpaired) electrons. The summed E-state index contributed by atoms with van der Waals surface area (Å²) in [5.41, 5.74) is 1.61. The predicted molar refractivity (Wildman–Crippen MR) is 95.3 cm³/mol. The standard InChI is InChI=1S/C19H18ClNO3/c1-12(22)11-21-17-10-19(13-3-6-15(23-2)7-4-13)24-18-8-5-14(20)9-16(17)18/h3-10,12,22H,11H2,1-2H3/t12-/m1/s1. The third-order valence-corrected chi connectivity index (χ3v) is 3.84. The van der Waals surface area contributed by atoms with Crippen molar-refractivity contribution in [2.75, 3.05) is 13.7 Å². The fourth-order valence-electron chi connectivity index (χ4n) is 2.40. The monoisotopic (exact) mass is 343 g/mol. The Hall–Kier alpha value is -2.30. The molecule has 4 nitrogen and oxygen atoms in total. The van der Waals surface area contributed by atoms with Crippen LogP contribution in [0.1, 0.15) is 6.92 Å². The molecule has 5 heteroatoms. The van der Waals surface area contributed by atoms with Crippen molar-refractivity contribution in [2.45, 2.75) is 13.0 Å². The third-order valence-electron chi connectivity index (χ3n) is 3.61. The van der Waals surface area contributed by atoms with Crippen molar-refractivity contribution in [3.8, 4) is 17.1 Å². The lowest BCUT2D eigenvalue weighted by Crippen LogP contribution is -2.11. The highest BCUT2D eigenvalue weighted by Crippen LogP contribution is 2.25. The van der Waals surface area contributed by atoms with Gasteiger partial charge in [-0.25, -0.2) is 0 Å². The number of nitrogens with zero attached hydrogens (tertiary/aromatic N) is 1. The highest BCUT2D eigenvalue weighted by molar-refractivity contribution is 6.31. The molecular weight excluding hydrogens is 326 g/mol. The molecule has 0 aliphatic carbocycles. The molecule has 1 heterocycles. The Bertz CT molecular complexity index is 914. The van der Waals surface area contributed by atoms with E-state index in [0.717, 1.165) is 22.1 Å². The maximum absolute atomic E-state index is 9.53. The van der Waals surface area contributed by atoms with Gasteiger partial charge in [0.05, 0.1) is 25.1 Å². The maximum atomic E-state index is 9.53. The van der Waals surface area contributed by atoms with Gasteiger partial charge in [-0.3, -0.25) is 4.99 Å². The van der Waals surface area contributed by atoms with E-state index >= 15 is 0 Å². The molecule has 0 aliphatic rings. The Balaban J connectivity index is 2.18. The van der Waals surface area contributed by atoms with Crippen molar-refractivity contribution in [3.63, 3.8) is 0 Å². The van der Waals surface area contributed by atoms with E-state index in [9.17, 15) is 5.11 Å². The van der Waals surface area contributed by atoms with Crippen LogP contribution in [-0.2, 0) is 0 Å². The van der Waals surface area contributed by atoms with Crippen LogP contribution in [-0.4, -0.2) is 24.9 Å². The Morgan fingerprint density at radius 1 is 1.17 bits per heavy atom. The fraction of sp³-hybridized carbons (Fsp3) is 0.211. The first-order valence-electron chi connectivity index (χ1n) is 7.63. The summed E-state index contributed by atoms with van der Waals surface area (Å²) in [5, 5.41) is 11.7. The van der Waals surface area contributed by atoms with Crippen molar-refractivity contribution in [1.29, 1.82) is 0 Å². The van der Waals surface area contributed by atoms with E-state index in [4.69, 9.17) is 20.8 Å². The number of hydrogen-bond acceptors (Lipinski definition) is 4. The quantitative estimate of drug-likeness (QED) is 0.777. The minimum Gasteiger partial charge on any atom is -0.497 e. The van der Waals surface area contributed by atoms with Gasteiger partial charge in [0, 0.05) is 22.0 Å². The number of methoxy groups -OCH3 is 1. The first-order chi connectivity index (χ1) is 11.6.